The molecule has 2 atom stereocenters. The van der Waals surface area contributed by atoms with Gasteiger partial charge in [-0.15, -0.1) is 0 Å². The van der Waals surface area contributed by atoms with E-state index in [0.29, 0.717) is 6.42 Å². The molecule has 2 unspecified atom stereocenters. The van der Waals surface area contributed by atoms with Crippen molar-refractivity contribution in [3.05, 3.63) is 0 Å². The van der Waals surface area contributed by atoms with Gasteiger partial charge in [-0.1, -0.05) is 27.2 Å². The summed E-state index contributed by atoms with van der Waals surface area (Å²) in [7, 11) is 0. The second kappa shape index (κ2) is 6.08. The lowest BCUT2D eigenvalue weighted by Gasteiger charge is -2.24. The van der Waals surface area contributed by atoms with Crippen LogP contribution in [0.15, 0.2) is 0 Å². The Bertz CT molecular complexity index is 203. The van der Waals surface area contributed by atoms with Crippen molar-refractivity contribution in [2.45, 2.75) is 52.2 Å². The van der Waals surface area contributed by atoms with E-state index in [9.17, 15) is 9.90 Å². The monoisotopic (exact) mass is 216 g/mol. The summed E-state index contributed by atoms with van der Waals surface area (Å²) in [6.45, 7) is 7.77. The van der Waals surface area contributed by atoms with E-state index in [1.807, 2.05) is 20.8 Å². The van der Waals surface area contributed by atoms with Gasteiger partial charge in [0.25, 0.3) is 0 Å². The lowest BCUT2D eigenvalue weighted by Crippen LogP contribution is -2.48. The Morgan fingerprint density at radius 1 is 1.53 bits per heavy atom. The summed E-state index contributed by atoms with van der Waals surface area (Å²) < 4.78 is 0. The molecule has 0 saturated carbocycles. The summed E-state index contributed by atoms with van der Waals surface area (Å²) in [5, 5.41) is 12.5. The molecule has 4 heteroatoms. The van der Waals surface area contributed by atoms with Gasteiger partial charge >= 0.3 is 0 Å². The average molecular weight is 216 g/mol. The van der Waals surface area contributed by atoms with Crippen LogP contribution in [0.1, 0.15) is 40.5 Å². The fourth-order valence-electron chi connectivity index (χ4n) is 1.33. The zero-order chi connectivity index (χ0) is 12.1. The highest BCUT2D eigenvalue weighted by atomic mass is 16.3. The van der Waals surface area contributed by atoms with Gasteiger partial charge in [0.05, 0.1) is 11.6 Å². The number of hydrogen-bond acceptors (Lipinski definition) is 3. The Morgan fingerprint density at radius 2 is 2.07 bits per heavy atom. The standard InChI is InChI=1S/C11H24N2O2/c1-5-6-11(4,15)7-13-10(14)9(12)8(2)3/h8-9,15H,5-7,12H2,1-4H3,(H,13,14). The molecule has 0 bridgehead atoms. The first-order valence-electron chi connectivity index (χ1n) is 5.56. The lowest BCUT2D eigenvalue weighted by atomic mass is 10.00. The topological polar surface area (TPSA) is 75.3 Å². The summed E-state index contributed by atoms with van der Waals surface area (Å²) in [6, 6.07) is -0.498. The van der Waals surface area contributed by atoms with Gasteiger partial charge in [0.1, 0.15) is 0 Å². The van der Waals surface area contributed by atoms with E-state index in [0.717, 1.165) is 6.42 Å². The van der Waals surface area contributed by atoms with Gasteiger partial charge in [-0.05, 0) is 19.3 Å². The number of hydrogen-bond donors (Lipinski definition) is 3. The van der Waals surface area contributed by atoms with E-state index in [2.05, 4.69) is 5.32 Å². The molecule has 0 spiro atoms. The molecule has 0 fully saturated rings. The molecule has 0 heterocycles. The Labute approximate surface area is 92.2 Å². The third-order valence-corrected chi connectivity index (χ3v) is 2.45. The number of amides is 1. The third-order valence-electron chi connectivity index (χ3n) is 2.45. The number of rotatable bonds is 6. The Morgan fingerprint density at radius 3 is 2.47 bits per heavy atom. The fraction of sp³-hybridized carbons (Fsp3) is 0.909. The summed E-state index contributed by atoms with van der Waals surface area (Å²) in [5.74, 6) is -0.0810. The van der Waals surface area contributed by atoms with Crippen molar-refractivity contribution in [3.8, 4) is 0 Å². The lowest BCUT2D eigenvalue weighted by molar-refractivity contribution is -0.124. The molecule has 0 aliphatic rings. The molecule has 0 aromatic carbocycles. The van der Waals surface area contributed by atoms with Crippen LogP contribution < -0.4 is 11.1 Å². The first-order chi connectivity index (χ1) is 6.80. The molecule has 4 nitrogen and oxygen atoms in total. The quantitative estimate of drug-likeness (QED) is 0.610. The summed E-state index contributed by atoms with van der Waals surface area (Å²) in [6.07, 6.45) is 1.56. The highest BCUT2D eigenvalue weighted by Crippen LogP contribution is 2.10. The van der Waals surface area contributed by atoms with E-state index < -0.39 is 11.6 Å². The molecule has 4 N–H and O–H groups in total. The molecule has 0 aliphatic carbocycles. The Hall–Kier alpha value is -0.610. The second-order valence-corrected chi connectivity index (χ2v) is 4.73. The van der Waals surface area contributed by atoms with E-state index >= 15 is 0 Å². The summed E-state index contributed by atoms with van der Waals surface area (Å²) >= 11 is 0. The number of carbonyl (C=O) groups is 1. The van der Waals surface area contributed by atoms with Crippen LogP contribution in [0.4, 0.5) is 0 Å². The first kappa shape index (κ1) is 14.4. The van der Waals surface area contributed by atoms with Crippen LogP contribution in [0.25, 0.3) is 0 Å². The SMILES string of the molecule is CCCC(C)(O)CNC(=O)C(N)C(C)C. The molecular formula is C11H24N2O2. The molecule has 0 aromatic rings. The number of nitrogens with two attached hydrogens (primary N) is 1. The molecule has 90 valence electrons. The Kier molecular flexibility index (Phi) is 5.83. The predicted molar refractivity (Wildman–Crippen MR) is 61.4 cm³/mol. The maximum absolute atomic E-state index is 11.5. The van der Waals surface area contributed by atoms with Crippen LogP contribution in [0.5, 0.6) is 0 Å². The molecule has 0 saturated heterocycles. The van der Waals surface area contributed by atoms with Crippen LogP contribution in [0.2, 0.25) is 0 Å². The zero-order valence-corrected chi connectivity index (χ0v) is 10.2. The van der Waals surface area contributed by atoms with Crippen molar-refractivity contribution < 1.29 is 9.90 Å². The van der Waals surface area contributed by atoms with Crippen LogP contribution in [-0.2, 0) is 4.79 Å². The maximum atomic E-state index is 11.5. The minimum Gasteiger partial charge on any atom is -0.388 e. The largest absolute Gasteiger partial charge is 0.388 e. The van der Waals surface area contributed by atoms with E-state index in [1.165, 1.54) is 0 Å². The fourth-order valence-corrected chi connectivity index (χ4v) is 1.33. The molecule has 1 amide bonds. The molecule has 0 radical (unpaired) electrons. The number of nitrogens with one attached hydrogen (secondary N) is 1. The van der Waals surface area contributed by atoms with Crippen LogP contribution in [0, 0.1) is 5.92 Å². The maximum Gasteiger partial charge on any atom is 0.237 e. The molecular weight excluding hydrogens is 192 g/mol. The first-order valence-corrected chi connectivity index (χ1v) is 5.56. The summed E-state index contributed by atoms with van der Waals surface area (Å²) in [5.41, 5.74) is 4.84. The van der Waals surface area contributed by atoms with Crippen molar-refractivity contribution in [3.63, 3.8) is 0 Å². The van der Waals surface area contributed by atoms with Gasteiger partial charge in [-0.3, -0.25) is 4.79 Å². The Balaban J connectivity index is 4.00. The van der Waals surface area contributed by atoms with Gasteiger partial charge in [0, 0.05) is 6.54 Å². The van der Waals surface area contributed by atoms with Gasteiger partial charge in [-0.25, -0.2) is 0 Å². The van der Waals surface area contributed by atoms with Crippen LogP contribution in [0.3, 0.4) is 0 Å². The van der Waals surface area contributed by atoms with Crippen molar-refractivity contribution in [1.29, 1.82) is 0 Å². The van der Waals surface area contributed by atoms with Gasteiger partial charge < -0.3 is 16.2 Å². The highest BCUT2D eigenvalue weighted by molar-refractivity contribution is 5.81. The molecule has 0 rings (SSSR count). The molecule has 15 heavy (non-hydrogen) atoms. The molecule has 0 aliphatic heterocycles. The van der Waals surface area contributed by atoms with Gasteiger partial charge in [0.2, 0.25) is 5.91 Å². The van der Waals surface area contributed by atoms with Crippen molar-refractivity contribution in [2.75, 3.05) is 6.54 Å². The third kappa shape index (κ3) is 5.74. The van der Waals surface area contributed by atoms with Gasteiger partial charge in [0.15, 0.2) is 0 Å². The molecule has 0 aromatic heterocycles. The van der Waals surface area contributed by atoms with Crippen LogP contribution in [-0.4, -0.2) is 29.2 Å². The van der Waals surface area contributed by atoms with Crippen LogP contribution >= 0.6 is 0 Å². The van der Waals surface area contributed by atoms with Crippen molar-refractivity contribution in [2.24, 2.45) is 11.7 Å². The van der Waals surface area contributed by atoms with Gasteiger partial charge in [-0.2, -0.15) is 0 Å². The minimum atomic E-state index is -0.832. The normalized spacial score (nSPS) is 17.3. The van der Waals surface area contributed by atoms with Crippen molar-refractivity contribution >= 4 is 5.91 Å². The van der Waals surface area contributed by atoms with E-state index in [-0.39, 0.29) is 18.4 Å². The van der Waals surface area contributed by atoms with E-state index in [1.54, 1.807) is 6.92 Å². The summed E-state index contributed by atoms with van der Waals surface area (Å²) in [4.78, 5) is 11.5. The zero-order valence-electron chi connectivity index (χ0n) is 10.2. The second-order valence-electron chi connectivity index (χ2n) is 4.73. The average Bonchev–Trinajstić information content (AvgIpc) is 2.13. The van der Waals surface area contributed by atoms with Crippen molar-refractivity contribution in [1.82, 2.24) is 5.32 Å². The predicted octanol–water partition coefficient (Wildman–Crippen LogP) is 0.637. The van der Waals surface area contributed by atoms with E-state index in [4.69, 9.17) is 5.73 Å². The number of carbonyl (C=O) groups excluding carboxylic acids is 1. The number of aliphatic hydroxyl groups is 1. The minimum absolute atomic E-state index is 0.112. The highest BCUT2D eigenvalue weighted by Gasteiger charge is 2.23. The smallest absolute Gasteiger partial charge is 0.237 e.